The number of hydrogen-bond acceptors (Lipinski definition) is 4. The third kappa shape index (κ3) is 3.68. The van der Waals surface area contributed by atoms with Crippen LogP contribution in [0.3, 0.4) is 0 Å². The van der Waals surface area contributed by atoms with Gasteiger partial charge >= 0.3 is 0 Å². The van der Waals surface area contributed by atoms with E-state index in [2.05, 4.69) is 35.4 Å². The van der Waals surface area contributed by atoms with Gasteiger partial charge in [-0.2, -0.15) is 0 Å². The van der Waals surface area contributed by atoms with E-state index < -0.39 is 0 Å². The number of rotatable bonds is 5. The minimum Gasteiger partial charge on any atom is -0.350 e. The molecule has 3 atom stereocenters. The predicted molar refractivity (Wildman–Crippen MR) is 135 cm³/mol. The number of piperidine rings is 1. The average Bonchev–Trinajstić information content (AvgIpc) is 3.28. The van der Waals surface area contributed by atoms with E-state index in [9.17, 15) is 9.59 Å². The fraction of sp³-hybridized carbons (Fsp3) is 0.250. The highest BCUT2D eigenvalue weighted by Crippen LogP contribution is 2.50. The summed E-state index contributed by atoms with van der Waals surface area (Å²) in [5, 5.41) is 6.04. The molecule has 2 fully saturated rings. The number of aryl methyl sites for hydroxylation is 1. The summed E-state index contributed by atoms with van der Waals surface area (Å²) in [7, 11) is 0. The zero-order chi connectivity index (χ0) is 23.2. The van der Waals surface area contributed by atoms with Crippen LogP contribution in [-0.4, -0.2) is 40.8 Å². The van der Waals surface area contributed by atoms with Gasteiger partial charge in [0.15, 0.2) is 0 Å². The van der Waals surface area contributed by atoms with E-state index >= 15 is 0 Å². The number of aromatic nitrogens is 1. The van der Waals surface area contributed by atoms with E-state index in [1.807, 2.05) is 52.7 Å². The Hall–Kier alpha value is -3.51. The molecule has 2 aliphatic rings. The third-order valence-corrected chi connectivity index (χ3v) is 8.05. The second kappa shape index (κ2) is 8.37. The van der Waals surface area contributed by atoms with Crippen LogP contribution in [0.15, 0.2) is 72.2 Å². The average molecular weight is 468 g/mol. The van der Waals surface area contributed by atoms with Crippen LogP contribution in [0.25, 0.3) is 21.3 Å². The van der Waals surface area contributed by atoms with Gasteiger partial charge in [-0.15, -0.1) is 11.3 Å². The number of benzene rings is 2. The maximum Gasteiger partial charge on any atom is 0.255 e. The Morgan fingerprint density at radius 2 is 1.94 bits per heavy atom. The second-order valence-electron chi connectivity index (χ2n) is 9.31. The Bertz CT molecular complexity index is 1410. The Morgan fingerprint density at radius 3 is 2.82 bits per heavy atom. The van der Waals surface area contributed by atoms with Gasteiger partial charge in [0, 0.05) is 29.5 Å². The van der Waals surface area contributed by atoms with E-state index in [0.717, 1.165) is 34.4 Å². The van der Waals surface area contributed by atoms with Crippen LogP contribution in [0.4, 0.5) is 0 Å². The zero-order valence-corrected chi connectivity index (χ0v) is 19.7. The van der Waals surface area contributed by atoms with E-state index in [4.69, 9.17) is 0 Å². The first kappa shape index (κ1) is 21.1. The highest BCUT2D eigenvalue weighted by molar-refractivity contribution is 7.14. The van der Waals surface area contributed by atoms with Gasteiger partial charge in [-0.1, -0.05) is 48.0 Å². The van der Waals surface area contributed by atoms with Gasteiger partial charge in [-0.05, 0) is 54.3 Å². The van der Waals surface area contributed by atoms with Gasteiger partial charge in [0.1, 0.15) is 0 Å². The summed E-state index contributed by atoms with van der Waals surface area (Å²) < 4.78 is 0. The van der Waals surface area contributed by atoms with Crippen molar-refractivity contribution < 1.29 is 9.59 Å². The lowest BCUT2D eigenvalue weighted by atomic mass is 10.1. The first-order valence-corrected chi connectivity index (χ1v) is 12.6. The summed E-state index contributed by atoms with van der Waals surface area (Å²) in [5.41, 5.74) is 4.28. The van der Waals surface area contributed by atoms with E-state index in [-0.39, 0.29) is 17.9 Å². The van der Waals surface area contributed by atoms with Gasteiger partial charge in [0.2, 0.25) is 0 Å². The molecule has 1 saturated carbocycles. The van der Waals surface area contributed by atoms with Crippen molar-refractivity contribution in [3.05, 3.63) is 88.9 Å². The van der Waals surface area contributed by atoms with Crippen LogP contribution in [-0.2, 0) is 0 Å². The third-order valence-electron chi connectivity index (χ3n) is 7.09. The van der Waals surface area contributed by atoms with Crippen molar-refractivity contribution in [1.29, 1.82) is 0 Å². The number of hydrogen-bond donors (Lipinski definition) is 1. The Balaban J connectivity index is 1.22. The van der Waals surface area contributed by atoms with Crippen LogP contribution in [0.5, 0.6) is 0 Å². The van der Waals surface area contributed by atoms with Gasteiger partial charge in [-0.25, -0.2) is 0 Å². The SMILES string of the molecule is Cc1cccc(-c2sccc2C(=O)N2CC3C[C@@H]3C2CNC(=O)c2cccc3cccnc23)c1. The molecule has 34 heavy (non-hydrogen) atoms. The number of fused-ring (bicyclic) bond motifs is 2. The molecule has 170 valence electrons. The molecule has 6 rings (SSSR count). The normalized spacial score (nSPS) is 20.9. The smallest absolute Gasteiger partial charge is 0.255 e. The van der Waals surface area contributed by atoms with Crippen molar-refractivity contribution >= 4 is 34.1 Å². The van der Waals surface area contributed by atoms with E-state index in [1.54, 1.807) is 17.5 Å². The van der Waals surface area contributed by atoms with Crippen LogP contribution >= 0.6 is 11.3 Å². The highest BCUT2D eigenvalue weighted by Gasteiger charge is 2.54. The maximum absolute atomic E-state index is 13.7. The number of nitrogens with one attached hydrogen (secondary N) is 1. The summed E-state index contributed by atoms with van der Waals surface area (Å²) in [6.07, 6.45) is 2.84. The van der Waals surface area contributed by atoms with E-state index in [0.29, 0.717) is 29.5 Å². The predicted octanol–water partition coefficient (Wildman–Crippen LogP) is 5.16. The minimum atomic E-state index is -0.142. The Morgan fingerprint density at radius 1 is 1.09 bits per heavy atom. The monoisotopic (exact) mass is 467 g/mol. The number of thiophene rings is 1. The summed E-state index contributed by atoms with van der Waals surface area (Å²) in [5.74, 6) is 0.940. The van der Waals surface area contributed by atoms with Crippen LogP contribution in [0.2, 0.25) is 0 Å². The summed E-state index contributed by atoms with van der Waals surface area (Å²) in [4.78, 5) is 34.1. The Kier molecular flexibility index (Phi) is 5.18. The molecule has 6 heteroatoms. The number of amides is 2. The largest absolute Gasteiger partial charge is 0.350 e. The molecule has 4 aromatic rings. The molecular weight excluding hydrogens is 442 g/mol. The molecule has 1 aliphatic carbocycles. The topological polar surface area (TPSA) is 62.3 Å². The standard InChI is InChI=1S/C28H25N3O2S/c1-17-5-2-7-19(13-17)26-22(10-12-34-26)28(33)31-16-20-14-23(20)24(31)15-30-27(32)21-9-3-6-18-8-4-11-29-25(18)21/h2-13,20,23-24H,14-16H2,1H3,(H,30,32)/t20?,23-,24?/m0/s1. The van der Waals surface area contributed by atoms with E-state index in [1.165, 1.54) is 5.56 Å². The Labute approximate surface area is 202 Å². The zero-order valence-electron chi connectivity index (χ0n) is 18.9. The van der Waals surface area contributed by atoms with Gasteiger partial charge < -0.3 is 10.2 Å². The molecule has 2 aromatic carbocycles. The molecule has 0 bridgehead atoms. The maximum atomic E-state index is 13.7. The molecular formula is C28H25N3O2S. The van der Waals surface area contributed by atoms with Gasteiger partial charge in [0.25, 0.3) is 11.8 Å². The van der Waals surface area contributed by atoms with Crippen molar-refractivity contribution in [2.24, 2.45) is 11.8 Å². The van der Waals surface area contributed by atoms with Crippen LogP contribution in [0, 0.1) is 18.8 Å². The summed E-state index contributed by atoms with van der Waals surface area (Å²) in [6.45, 7) is 3.29. The molecule has 2 unspecified atom stereocenters. The summed E-state index contributed by atoms with van der Waals surface area (Å²) in [6, 6.07) is 19.7. The number of carbonyl (C=O) groups excluding carboxylic acids is 2. The fourth-order valence-electron chi connectivity index (χ4n) is 5.29. The van der Waals surface area contributed by atoms with Crippen molar-refractivity contribution in [2.75, 3.05) is 13.1 Å². The number of nitrogens with zero attached hydrogens (tertiary/aromatic N) is 2. The lowest BCUT2D eigenvalue weighted by Crippen LogP contribution is -2.45. The number of para-hydroxylation sites is 1. The lowest BCUT2D eigenvalue weighted by Gasteiger charge is -2.28. The van der Waals surface area contributed by atoms with Crippen molar-refractivity contribution in [3.63, 3.8) is 0 Å². The molecule has 3 heterocycles. The van der Waals surface area contributed by atoms with Crippen LogP contribution in [0.1, 0.15) is 32.7 Å². The molecule has 1 aliphatic heterocycles. The molecule has 5 nitrogen and oxygen atoms in total. The molecule has 2 aromatic heterocycles. The van der Waals surface area contributed by atoms with Crippen molar-refractivity contribution in [3.8, 4) is 10.4 Å². The molecule has 2 amide bonds. The van der Waals surface area contributed by atoms with Crippen molar-refractivity contribution in [2.45, 2.75) is 19.4 Å². The quantitative estimate of drug-likeness (QED) is 0.441. The molecule has 0 spiro atoms. The molecule has 1 saturated heterocycles. The number of carbonyl (C=O) groups is 2. The summed E-state index contributed by atoms with van der Waals surface area (Å²) >= 11 is 1.60. The molecule has 1 N–H and O–H groups in total. The van der Waals surface area contributed by atoms with Gasteiger partial charge in [-0.3, -0.25) is 14.6 Å². The van der Waals surface area contributed by atoms with Gasteiger partial charge in [0.05, 0.1) is 22.7 Å². The minimum absolute atomic E-state index is 0.0228. The van der Waals surface area contributed by atoms with Crippen molar-refractivity contribution in [1.82, 2.24) is 15.2 Å². The fourth-order valence-corrected chi connectivity index (χ4v) is 6.17. The second-order valence-corrected chi connectivity index (χ2v) is 10.2. The first-order chi connectivity index (χ1) is 16.6. The lowest BCUT2D eigenvalue weighted by molar-refractivity contribution is 0.0696. The molecule has 0 radical (unpaired) electrons. The highest BCUT2D eigenvalue weighted by atomic mass is 32.1. The number of likely N-dealkylation sites (tertiary alicyclic amines) is 1. The van der Waals surface area contributed by atoms with Crippen LogP contribution < -0.4 is 5.32 Å². The number of pyridine rings is 1. The first-order valence-electron chi connectivity index (χ1n) is 11.7.